The summed E-state index contributed by atoms with van der Waals surface area (Å²) >= 11 is 0. The zero-order valence-electron chi connectivity index (χ0n) is 14.9. The van der Waals surface area contributed by atoms with Crippen LogP contribution in [0.1, 0.15) is 17.5 Å². The first-order valence-electron chi connectivity index (χ1n) is 7.91. The highest BCUT2D eigenvalue weighted by atomic mass is 32.2. The number of sulfone groups is 1. The van der Waals surface area contributed by atoms with Crippen molar-refractivity contribution in [1.29, 1.82) is 0 Å². The van der Waals surface area contributed by atoms with Gasteiger partial charge in [0.25, 0.3) is 0 Å². The Morgan fingerprint density at radius 2 is 1.76 bits per heavy atom. The number of nitrogens with zero attached hydrogens (tertiary/aromatic N) is 2. The van der Waals surface area contributed by atoms with Gasteiger partial charge < -0.3 is 4.90 Å². The van der Waals surface area contributed by atoms with E-state index in [0.29, 0.717) is 12.1 Å². The minimum atomic E-state index is -3.66. The number of hydrogen-bond donors (Lipinski definition) is 0. The molecule has 1 amide bonds. The lowest BCUT2D eigenvalue weighted by Crippen LogP contribution is -2.45. The normalized spacial score (nSPS) is 19.6. The van der Waals surface area contributed by atoms with Gasteiger partial charge in [0, 0.05) is 13.1 Å². The van der Waals surface area contributed by atoms with Gasteiger partial charge in [-0.25, -0.2) is 16.8 Å². The average Bonchev–Trinajstić information content (AvgIpc) is 2.81. The van der Waals surface area contributed by atoms with E-state index in [1.807, 2.05) is 19.9 Å². The van der Waals surface area contributed by atoms with Crippen LogP contribution in [0.5, 0.6) is 0 Å². The van der Waals surface area contributed by atoms with Crippen LogP contribution in [0.4, 0.5) is 5.69 Å². The molecule has 2 rings (SSSR count). The van der Waals surface area contributed by atoms with Crippen molar-refractivity contribution in [2.75, 3.05) is 35.7 Å². The van der Waals surface area contributed by atoms with Crippen molar-refractivity contribution in [3.05, 3.63) is 29.3 Å². The van der Waals surface area contributed by atoms with Gasteiger partial charge in [-0.3, -0.25) is 9.10 Å². The fourth-order valence-electron chi connectivity index (χ4n) is 3.01. The molecule has 1 fully saturated rings. The van der Waals surface area contributed by atoms with Gasteiger partial charge in [0.05, 0.1) is 23.4 Å². The van der Waals surface area contributed by atoms with Crippen LogP contribution in [0.3, 0.4) is 0 Å². The van der Waals surface area contributed by atoms with Gasteiger partial charge in [-0.1, -0.05) is 6.07 Å². The molecule has 0 bridgehead atoms. The number of amides is 1. The summed E-state index contributed by atoms with van der Waals surface area (Å²) in [5.41, 5.74) is 2.22. The van der Waals surface area contributed by atoms with Crippen molar-refractivity contribution in [3.8, 4) is 0 Å². The molecule has 0 N–H and O–H groups in total. The fourth-order valence-corrected chi connectivity index (χ4v) is 5.62. The maximum absolute atomic E-state index is 12.6. The van der Waals surface area contributed by atoms with E-state index < -0.39 is 31.8 Å². The number of sulfonamides is 1. The lowest BCUT2D eigenvalue weighted by molar-refractivity contribution is -0.129. The van der Waals surface area contributed by atoms with E-state index in [9.17, 15) is 21.6 Å². The Bertz CT molecular complexity index is 858. The van der Waals surface area contributed by atoms with Crippen LogP contribution >= 0.6 is 0 Å². The molecule has 1 saturated heterocycles. The maximum atomic E-state index is 12.6. The maximum Gasteiger partial charge on any atom is 0.243 e. The summed E-state index contributed by atoms with van der Waals surface area (Å²) in [6.07, 6.45) is 1.44. The number of anilines is 1. The molecule has 1 aromatic carbocycles. The van der Waals surface area contributed by atoms with Crippen molar-refractivity contribution < 1.29 is 21.6 Å². The number of carbonyl (C=O) groups is 1. The molecule has 1 aliphatic rings. The van der Waals surface area contributed by atoms with E-state index in [1.54, 1.807) is 12.1 Å². The second-order valence-corrected chi connectivity index (χ2v) is 10.8. The smallest absolute Gasteiger partial charge is 0.243 e. The summed E-state index contributed by atoms with van der Waals surface area (Å²) < 4.78 is 48.7. The molecule has 0 radical (unpaired) electrons. The average molecular weight is 389 g/mol. The lowest BCUT2D eigenvalue weighted by Gasteiger charge is -2.28. The van der Waals surface area contributed by atoms with Crippen LogP contribution in [0, 0.1) is 13.8 Å². The molecule has 1 aliphatic heterocycles. The largest absolute Gasteiger partial charge is 0.340 e. The summed E-state index contributed by atoms with van der Waals surface area (Å²) in [6, 6.07) is 4.93. The Hall–Kier alpha value is -1.61. The van der Waals surface area contributed by atoms with Gasteiger partial charge in [0.15, 0.2) is 9.84 Å². The molecule has 1 unspecified atom stereocenters. The molecule has 0 aliphatic carbocycles. The topological polar surface area (TPSA) is 91.8 Å². The molecule has 7 nitrogen and oxygen atoms in total. The van der Waals surface area contributed by atoms with Crippen molar-refractivity contribution in [2.45, 2.75) is 26.3 Å². The van der Waals surface area contributed by atoms with E-state index in [4.69, 9.17) is 0 Å². The highest BCUT2D eigenvalue weighted by Crippen LogP contribution is 2.22. The number of rotatable bonds is 5. The van der Waals surface area contributed by atoms with Crippen LogP contribution in [-0.4, -0.2) is 65.0 Å². The van der Waals surface area contributed by atoms with Crippen molar-refractivity contribution in [2.24, 2.45) is 0 Å². The number of hydrogen-bond acceptors (Lipinski definition) is 5. The van der Waals surface area contributed by atoms with Crippen molar-refractivity contribution in [1.82, 2.24) is 4.90 Å². The monoisotopic (exact) mass is 388 g/mol. The van der Waals surface area contributed by atoms with Gasteiger partial charge in [0.1, 0.15) is 6.54 Å². The SMILES string of the molecule is Cc1cc(C)cc(N(CC(=O)N(C)C2CCS(=O)(=O)C2)S(C)(=O)=O)c1. The third-order valence-corrected chi connectivity index (χ3v) is 7.21. The molecule has 25 heavy (non-hydrogen) atoms. The molecule has 0 saturated carbocycles. The van der Waals surface area contributed by atoms with Crippen LogP contribution in [0.15, 0.2) is 18.2 Å². The van der Waals surface area contributed by atoms with E-state index in [0.717, 1.165) is 21.7 Å². The minimum absolute atomic E-state index is 0.0577. The number of benzene rings is 1. The van der Waals surface area contributed by atoms with E-state index in [-0.39, 0.29) is 18.1 Å². The molecule has 0 aromatic heterocycles. The second kappa shape index (κ2) is 6.95. The van der Waals surface area contributed by atoms with Gasteiger partial charge in [-0.2, -0.15) is 0 Å². The predicted molar refractivity (Wildman–Crippen MR) is 97.9 cm³/mol. The third kappa shape index (κ3) is 4.94. The molecule has 1 aromatic rings. The standard InChI is InChI=1S/C16H24N2O5S2/c1-12-7-13(2)9-15(8-12)18(24(4,20)21)10-16(19)17(3)14-5-6-25(22,23)11-14/h7-9,14H,5-6,10-11H2,1-4H3. The van der Waals surface area contributed by atoms with Crippen molar-refractivity contribution >= 4 is 31.5 Å². The fraction of sp³-hybridized carbons (Fsp3) is 0.562. The summed E-state index contributed by atoms with van der Waals surface area (Å²) in [6.45, 7) is 3.36. The summed E-state index contributed by atoms with van der Waals surface area (Å²) in [7, 11) is -5.26. The predicted octanol–water partition coefficient (Wildman–Crippen LogP) is 0.715. The Labute approximate surface area is 149 Å². The molecule has 1 heterocycles. The molecule has 0 spiro atoms. The second-order valence-electron chi connectivity index (χ2n) is 6.68. The van der Waals surface area contributed by atoms with Crippen LogP contribution in [0.25, 0.3) is 0 Å². The third-order valence-electron chi connectivity index (χ3n) is 4.32. The molecule has 9 heteroatoms. The first-order chi connectivity index (χ1) is 11.4. The van der Waals surface area contributed by atoms with E-state index in [1.165, 1.54) is 11.9 Å². The summed E-state index contributed by atoms with van der Waals surface area (Å²) in [4.78, 5) is 13.9. The van der Waals surface area contributed by atoms with Gasteiger partial charge in [-0.15, -0.1) is 0 Å². The molecule has 140 valence electrons. The van der Waals surface area contributed by atoms with E-state index in [2.05, 4.69) is 0 Å². The Kier molecular flexibility index (Phi) is 5.48. The van der Waals surface area contributed by atoms with E-state index >= 15 is 0 Å². The first kappa shape index (κ1) is 19.7. The summed E-state index contributed by atoms with van der Waals surface area (Å²) in [5, 5.41) is 0. The van der Waals surface area contributed by atoms with Crippen LogP contribution < -0.4 is 4.31 Å². The Morgan fingerprint density at radius 3 is 2.20 bits per heavy atom. The zero-order valence-corrected chi connectivity index (χ0v) is 16.5. The highest BCUT2D eigenvalue weighted by molar-refractivity contribution is 7.92. The zero-order chi connectivity index (χ0) is 19.0. The number of aryl methyl sites for hydroxylation is 2. The lowest BCUT2D eigenvalue weighted by atomic mass is 10.1. The number of carbonyl (C=O) groups excluding carboxylic acids is 1. The molecular formula is C16H24N2O5S2. The summed E-state index contributed by atoms with van der Waals surface area (Å²) in [5.74, 6) is -0.438. The molecular weight excluding hydrogens is 364 g/mol. The molecule has 1 atom stereocenters. The van der Waals surface area contributed by atoms with Crippen LogP contribution in [0.2, 0.25) is 0 Å². The quantitative estimate of drug-likeness (QED) is 0.741. The van der Waals surface area contributed by atoms with Gasteiger partial charge >= 0.3 is 0 Å². The Morgan fingerprint density at radius 1 is 1.20 bits per heavy atom. The van der Waals surface area contributed by atoms with Crippen molar-refractivity contribution in [3.63, 3.8) is 0 Å². The first-order valence-corrected chi connectivity index (χ1v) is 11.6. The number of likely N-dealkylation sites (N-methyl/N-ethyl adjacent to an activating group) is 1. The Balaban J connectivity index is 2.24. The highest BCUT2D eigenvalue weighted by Gasteiger charge is 2.34. The minimum Gasteiger partial charge on any atom is -0.340 e. The van der Waals surface area contributed by atoms with Gasteiger partial charge in [-0.05, 0) is 43.5 Å². The van der Waals surface area contributed by atoms with Crippen LogP contribution in [-0.2, 0) is 24.7 Å². The van der Waals surface area contributed by atoms with Gasteiger partial charge in [0.2, 0.25) is 15.9 Å².